The smallest absolute Gasteiger partial charge is 0.407 e. The number of nitrogens with one attached hydrogen (secondary N) is 2. The van der Waals surface area contributed by atoms with Gasteiger partial charge in [-0.15, -0.1) is 0 Å². The Kier molecular flexibility index (Phi) is 9.82. The van der Waals surface area contributed by atoms with Crippen molar-refractivity contribution >= 4 is 18.2 Å². The summed E-state index contributed by atoms with van der Waals surface area (Å²) in [5, 5.41) is 15.0. The molecule has 10 heteroatoms. The van der Waals surface area contributed by atoms with Crippen LogP contribution in [0.1, 0.15) is 44.4 Å². The minimum Gasteiger partial charge on any atom is -0.492 e. The molecule has 2 aliphatic carbocycles. The zero-order valence-corrected chi connectivity index (χ0v) is 27.7. The first-order valence-corrected chi connectivity index (χ1v) is 16.8. The van der Waals surface area contributed by atoms with Crippen LogP contribution in [0.4, 0.5) is 9.59 Å². The number of rotatable bonds is 13. The summed E-state index contributed by atoms with van der Waals surface area (Å²) in [5.74, 6) is -0.748. The summed E-state index contributed by atoms with van der Waals surface area (Å²) >= 11 is 0. The molecule has 0 saturated carbocycles. The summed E-state index contributed by atoms with van der Waals surface area (Å²) in [6, 6.07) is 36.7. The first-order chi connectivity index (χ1) is 25.0. The van der Waals surface area contributed by atoms with Gasteiger partial charge in [0.2, 0.25) is 0 Å². The van der Waals surface area contributed by atoms with Crippen molar-refractivity contribution < 1.29 is 38.4 Å². The average molecular weight is 685 g/mol. The molecule has 0 radical (unpaired) electrons. The lowest BCUT2D eigenvalue weighted by Gasteiger charge is -2.15. The maximum absolute atomic E-state index is 12.5. The van der Waals surface area contributed by atoms with Crippen LogP contribution < -0.4 is 20.1 Å². The van der Waals surface area contributed by atoms with Gasteiger partial charge in [-0.1, -0.05) is 97.1 Å². The fourth-order valence-corrected chi connectivity index (χ4v) is 6.80. The van der Waals surface area contributed by atoms with Crippen molar-refractivity contribution in [2.24, 2.45) is 0 Å². The fourth-order valence-electron chi connectivity index (χ4n) is 6.80. The van der Waals surface area contributed by atoms with E-state index in [-0.39, 0.29) is 68.4 Å². The molecule has 5 aromatic carbocycles. The molecule has 2 amide bonds. The summed E-state index contributed by atoms with van der Waals surface area (Å²) < 4.78 is 22.6. The molecule has 258 valence electrons. The van der Waals surface area contributed by atoms with E-state index in [1.165, 1.54) is 12.1 Å². The van der Waals surface area contributed by atoms with Gasteiger partial charge in [-0.3, -0.25) is 0 Å². The Bertz CT molecular complexity index is 1850. The summed E-state index contributed by atoms with van der Waals surface area (Å²) in [6.45, 7) is 0.783. The highest BCUT2D eigenvalue weighted by atomic mass is 16.6. The Balaban J connectivity index is 0.845. The van der Waals surface area contributed by atoms with Crippen LogP contribution in [0.3, 0.4) is 0 Å². The van der Waals surface area contributed by atoms with Gasteiger partial charge in [0.05, 0.1) is 18.7 Å². The molecule has 0 spiro atoms. The summed E-state index contributed by atoms with van der Waals surface area (Å²) in [7, 11) is 0. The SMILES string of the molecule is O=C(NCCOc1cc(OCCNC(=O)OCC2c3ccccc3-c3ccccc32)cc(C(=O)O)c1)OCC1c2ccccc2-c2ccccc21. The van der Waals surface area contributed by atoms with Gasteiger partial charge in [-0.2, -0.15) is 0 Å². The summed E-state index contributed by atoms with van der Waals surface area (Å²) in [5.41, 5.74) is 9.06. The van der Waals surface area contributed by atoms with E-state index in [0.717, 1.165) is 44.5 Å². The van der Waals surface area contributed by atoms with Crippen molar-refractivity contribution in [3.05, 3.63) is 143 Å². The number of hydrogen-bond acceptors (Lipinski definition) is 7. The fraction of sp³-hybridized carbons (Fsp3) is 0.195. The van der Waals surface area contributed by atoms with Crippen LogP contribution in [0.25, 0.3) is 22.3 Å². The van der Waals surface area contributed by atoms with Gasteiger partial charge in [0.1, 0.15) is 37.9 Å². The van der Waals surface area contributed by atoms with Crippen LogP contribution in [0, 0.1) is 0 Å². The van der Waals surface area contributed by atoms with Gasteiger partial charge in [-0.25, -0.2) is 14.4 Å². The van der Waals surface area contributed by atoms with Crippen molar-refractivity contribution in [1.82, 2.24) is 10.6 Å². The van der Waals surface area contributed by atoms with E-state index in [1.807, 2.05) is 48.5 Å². The molecule has 2 aliphatic rings. The Morgan fingerprint density at radius 1 is 0.529 bits per heavy atom. The van der Waals surface area contributed by atoms with Crippen molar-refractivity contribution in [1.29, 1.82) is 0 Å². The van der Waals surface area contributed by atoms with Gasteiger partial charge in [0.15, 0.2) is 0 Å². The molecular formula is C41H36N2O8. The van der Waals surface area contributed by atoms with Crippen LogP contribution in [0.2, 0.25) is 0 Å². The number of amides is 2. The number of fused-ring (bicyclic) bond motifs is 6. The third-order valence-electron chi connectivity index (χ3n) is 9.09. The number of carbonyl (C=O) groups is 3. The Hall–Kier alpha value is -6.29. The molecular weight excluding hydrogens is 648 g/mol. The minimum atomic E-state index is -1.15. The van der Waals surface area contributed by atoms with Crippen molar-refractivity contribution in [2.45, 2.75) is 11.8 Å². The van der Waals surface area contributed by atoms with Gasteiger partial charge >= 0.3 is 18.2 Å². The van der Waals surface area contributed by atoms with Crippen LogP contribution in [-0.2, 0) is 9.47 Å². The first kappa shape index (κ1) is 33.2. The molecule has 0 atom stereocenters. The van der Waals surface area contributed by atoms with E-state index in [4.69, 9.17) is 18.9 Å². The van der Waals surface area contributed by atoms with E-state index in [1.54, 1.807) is 6.07 Å². The third-order valence-corrected chi connectivity index (χ3v) is 9.09. The molecule has 51 heavy (non-hydrogen) atoms. The Morgan fingerprint density at radius 3 is 1.24 bits per heavy atom. The maximum Gasteiger partial charge on any atom is 0.407 e. The zero-order chi connectivity index (χ0) is 35.2. The molecule has 10 nitrogen and oxygen atoms in total. The molecule has 0 bridgehead atoms. The first-order valence-electron chi connectivity index (χ1n) is 16.8. The second kappa shape index (κ2) is 15.1. The van der Waals surface area contributed by atoms with Crippen molar-refractivity contribution in [2.75, 3.05) is 39.5 Å². The lowest BCUT2D eigenvalue weighted by Crippen LogP contribution is -2.30. The van der Waals surface area contributed by atoms with Crippen LogP contribution in [-0.4, -0.2) is 62.8 Å². The maximum atomic E-state index is 12.5. The molecule has 5 aromatic rings. The highest BCUT2D eigenvalue weighted by molar-refractivity contribution is 5.88. The topological polar surface area (TPSA) is 132 Å². The number of aromatic carboxylic acids is 1. The van der Waals surface area contributed by atoms with Gasteiger partial charge in [-0.05, 0) is 56.6 Å². The van der Waals surface area contributed by atoms with Crippen LogP contribution in [0.15, 0.2) is 115 Å². The lowest BCUT2D eigenvalue weighted by atomic mass is 9.98. The predicted molar refractivity (Wildman–Crippen MR) is 191 cm³/mol. The Labute approximate surface area is 294 Å². The quantitative estimate of drug-likeness (QED) is 0.111. The van der Waals surface area contributed by atoms with Gasteiger partial charge < -0.3 is 34.7 Å². The van der Waals surface area contributed by atoms with Gasteiger partial charge in [0, 0.05) is 17.9 Å². The number of alkyl carbamates (subject to hydrolysis) is 2. The average Bonchev–Trinajstić information content (AvgIpc) is 3.65. The number of hydrogen-bond donors (Lipinski definition) is 3. The number of benzene rings is 5. The van der Waals surface area contributed by atoms with Crippen LogP contribution in [0.5, 0.6) is 11.5 Å². The Morgan fingerprint density at radius 2 is 0.882 bits per heavy atom. The highest BCUT2D eigenvalue weighted by Crippen LogP contribution is 2.45. The predicted octanol–water partition coefficient (Wildman–Crippen LogP) is 7.22. The van der Waals surface area contributed by atoms with Crippen molar-refractivity contribution in [3.63, 3.8) is 0 Å². The molecule has 7 rings (SSSR count). The lowest BCUT2D eigenvalue weighted by molar-refractivity contribution is 0.0695. The van der Waals surface area contributed by atoms with Crippen LogP contribution >= 0.6 is 0 Å². The third kappa shape index (κ3) is 7.35. The number of ether oxygens (including phenoxy) is 4. The largest absolute Gasteiger partial charge is 0.492 e. The normalized spacial score (nSPS) is 12.5. The van der Waals surface area contributed by atoms with Gasteiger partial charge in [0.25, 0.3) is 0 Å². The second-order valence-corrected chi connectivity index (χ2v) is 12.2. The molecule has 0 saturated heterocycles. The van der Waals surface area contributed by atoms with Crippen molar-refractivity contribution in [3.8, 4) is 33.8 Å². The zero-order valence-electron chi connectivity index (χ0n) is 27.7. The molecule has 0 aromatic heterocycles. The van der Waals surface area contributed by atoms with E-state index in [9.17, 15) is 19.5 Å². The van der Waals surface area contributed by atoms with E-state index >= 15 is 0 Å². The van der Waals surface area contributed by atoms with E-state index < -0.39 is 18.2 Å². The molecule has 0 fully saturated rings. The minimum absolute atomic E-state index is 0.0310. The van der Waals surface area contributed by atoms with E-state index in [2.05, 4.69) is 59.2 Å². The molecule has 0 aliphatic heterocycles. The molecule has 3 N–H and O–H groups in total. The summed E-state index contributed by atoms with van der Waals surface area (Å²) in [4.78, 5) is 36.8. The highest BCUT2D eigenvalue weighted by Gasteiger charge is 2.30. The standard InChI is InChI=1S/C41H36N2O8/c44-39(45)26-21-27(48-19-17-42-40(46)50-24-37-33-13-5-1-9-29(33)30-10-2-6-14-34(30)37)23-28(22-26)49-20-18-43-41(47)51-25-38-35-15-7-3-11-31(35)32-12-4-8-16-36(32)38/h1-16,21-23,37-38H,17-20,24-25H2,(H,42,46)(H,43,47)(H,44,45). The monoisotopic (exact) mass is 684 g/mol. The molecule has 0 heterocycles. The van der Waals surface area contributed by atoms with E-state index in [0.29, 0.717) is 0 Å². The summed E-state index contributed by atoms with van der Waals surface area (Å²) in [6.07, 6.45) is -1.15. The second-order valence-electron chi connectivity index (χ2n) is 12.2. The number of carboxylic acid groups (broad SMARTS) is 1. The number of carbonyl (C=O) groups excluding carboxylic acids is 2. The molecule has 0 unspecified atom stereocenters. The number of carboxylic acids is 1.